The molecule has 0 aliphatic carbocycles. The first-order chi connectivity index (χ1) is 15.0. The molecule has 2 aromatic rings. The summed E-state index contributed by atoms with van der Waals surface area (Å²) in [6.45, 7) is 2.75. The Kier molecular flexibility index (Phi) is 6.63. The highest BCUT2D eigenvalue weighted by atomic mass is 32.2. The van der Waals surface area contributed by atoms with Gasteiger partial charge in [-0.1, -0.05) is 0 Å². The molecule has 2 fully saturated rings. The van der Waals surface area contributed by atoms with Gasteiger partial charge in [-0.15, -0.1) is 0 Å². The predicted molar refractivity (Wildman–Crippen MR) is 117 cm³/mol. The number of pyridine rings is 1. The second-order valence-corrected chi connectivity index (χ2v) is 8.86. The summed E-state index contributed by atoms with van der Waals surface area (Å²) in [4.78, 5) is 20.3. The second-order valence-electron chi connectivity index (χ2n) is 7.81. The number of hydroxylamine groups is 1. The summed E-state index contributed by atoms with van der Waals surface area (Å²) in [6, 6.07) is 11.0. The van der Waals surface area contributed by atoms with Crippen LogP contribution in [0.15, 0.2) is 47.5 Å². The number of hydrogen-bond acceptors (Lipinski definition) is 9. The van der Waals surface area contributed by atoms with Crippen LogP contribution in [0.4, 0.5) is 5.69 Å². The molecule has 2 saturated heterocycles. The van der Waals surface area contributed by atoms with E-state index in [0.717, 1.165) is 24.4 Å². The summed E-state index contributed by atoms with van der Waals surface area (Å²) in [5, 5.41) is 9.43. The number of hydrogen-bond donors (Lipinski definition) is 3. The molecule has 4 rings (SSSR count). The first kappa shape index (κ1) is 21.8. The number of carbonyl (C=O) groups is 1. The molecular weight excluding hydrogens is 418 g/mol. The molecule has 1 aromatic carbocycles. The number of rotatable bonds is 8. The van der Waals surface area contributed by atoms with Gasteiger partial charge in [0.05, 0.1) is 6.61 Å². The number of anilines is 1. The van der Waals surface area contributed by atoms with Crippen molar-refractivity contribution in [3.05, 3.63) is 42.6 Å². The van der Waals surface area contributed by atoms with Crippen LogP contribution in [-0.2, 0) is 9.53 Å². The van der Waals surface area contributed by atoms with Crippen molar-refractivity contribution in [3.63, 3.8) is 0 Å². The summed E-state index contributed by atoms with van der Waals surface area (Å²) in [6.07, 6.45) is 3.31. The first-order valence-corrected chi connectivity index (χ1v) is 10.9. The van der Waals surface area contributed by atoms with E-state index in [4.69, 9.17) is 15.2 Å². The van der Waals surface area contributed by atoms with Gasteiger partial charge in [-0.25, -0.2) is 14.8 Å². The average Bonchev–Trinajstić information content (AvgIpc) is 2.99. The minimum atomic E-state index is -0.796. The minimum absolute atomic E-state index is 0.193. The molecule has 0 spiro atoms. The van der Waals surface area contributed by atoms with Crippen molar-refractivity contribution >= 4 is 23.5 Å². The highest BCUT2D eigenvalue weighted by Gasteiger charge is 2.56. The zero-order valence-corrected chi connectivity index (χ0v) is 18.2. The topological polar surface area (TPSA) is 113 Å². The number of carbonyl (C=O) groups excluding carboxylic acids is 1. The van der Waals surface area contributed by atoms with Gasteiger partial charge in [-0.2, -0.15) is 0 Å². The molecule has 1 amide bonds. The lowest BCUT2D eigenvalue weighted by Gasteiger charge is -2.46. The lowest BCUT2D eigenvalue weighted by atomic mass is 9.96. The van der Waals surface area contributed by atoms with Gasteiger partial charge >= 0.3 is 0 Å². The van der Waals surface area contributed by atoms with Crippen molar-refractivity contribution in [1.29, 1.82) is 0 Å². The van der Waals surface area contributed by atoms with Crippen LogP contribution in [0.1, 0.15) is 12.8 Å². The number of nitrogens with one attached hydrogen (secondary N) is 1. The van der Waals surface area contributed by atoms with E-state index in [-0.39, 0.29) is 11.9 Å². The number of likely N-dealkylation sites (tertiary alicyclic amines) is 1. The van der Waals surface area contributed by atoms with Crippen LogP contribution in [0.25, 0.3) is 0 Å². The van der Waals surface area contributed by atoms with Gasteiger partial charge in [0.2, 0.25) is 5.88 Å². The number of methoxy groups -OCH3 is 1. The van der Waals surface area contributed by atoms with Crippen molar-refractivity contribution in [2.24, 2.45) is 0 Å². The van der Waals surface area contributed by atoms with Crippen molar-refractivity contribution in [1.82, 2.24) is 19.7 Å². The summed E-state index contributed by atoms with van der Waals surface area (Å²) in [7, 11) is 1.67. The molecule has 4 N–H and O–H groups in total. The first-order valence-electron chi connectivity index (χ1n) is 10.2. The second kappa shape index (κ2) is 9.41. The quantitative estimate of drug-likeness (QED) is 0.243. The number of ether oxygens (including phenoxy) is 2. The van der Waals surface area contributed by atoms with E-state index >= 15 is 0 Å². The molecule has 3 heterocycles. The van der Waals surface area contributed by atoms with Crippen molar-refractivity contribution in [2.75, 3.05) is 39.1 Å². The maximum absolute atomic E-state index is 12.7. The molecule has 2 aliphatic rings. The van der Waals surface area contributed by atoms with Crippen molar-refractivity contribution in [3.8, 4) is 11.6 Å². The Morgan fingerprint density at radius 2 is 2.16 bits per heavy atom. The fraction of sp³-hybridized carbons (Fsp3) is 0.429. The third-order valence-electron chi connectivity index (χ3n) is 5.75. The number of piperazine rings is 1. The Bertz CT molecular complexity index is 898. The van der Waals surface area contributed by atoms with Gasteiger partial charge in [-0.3, -0.25) is 14.9 Å². The molecule has 2 aliphatic heterocycles. The fourth-order valence-corrected chi connectivity index (χ4v) is 5.41. The number of nitrogens with zero attached hydrogens (tertiary/aromatic N) is 3. The zero-order chi connectivity index (χ0) is 21.8. The predicted octanol–water partition coefficient (Wildman–Crippen LogP) is 2.13. The molecule has 166 valence electrons. The van der Waals surface area contributed by atoms with Crippen molar-refractivity contribution < 1.29 is 19.5 Å². The number of nitrogen functional groups attached to an aromatic ring is 1. The number of fused-ring (bicyclic) bond motifs is 2. The fourth-order valence-electron chi connectivity index (χ4n) is 4.22. The van der Waals surface area contributed by atoms with Gasteiger partial charge < -0.3 is 15.2 Å². The van der Waals surface area contributed by atoms with Crippen LogP contribution in [0, 0.1) is 0 Å². The van der Waals surface area contributed by atoms with Gasteiger partial charge in [0.1, 0.15) is 11.3 Å². The molecule has 0 radical (unpaired) electrons. The Labute approximate surface area is 185 Å². The van der Waals surface area contributed by atoms with E-state index in [2.05, 4.69) is 14.2 Å². The van der Waals surface area contributed by atoms with E-state index < -0.39 is 5.54 Å². The summed E-state index contributed by atoms with van der Waals surface area (Å²) in [5.41, 5.74) is 7.46. The van der Waals surface area contributed by atoms with Gasteiger partial charge in [0.15, 0.2) is 0 Å². The molecule has 2 atom stereocenters. The molecule has 2 bridgehead atoms. The van der Waals surface area contributed by atoms with Crippen LogP contribution >= 0.6 is 11.9 Å². The summed E-state index contributed by atoms with van der Waals surface area (Å²) in [5.74, 6) is 0.760. The van der Waals surface area contributed by atoms with Crippen LogP contribution in [0.5, 0.6) is 11.6 Å². The van der Waals surface area contributed by atoms with Crippen molar-refractivity contribution in [2.45, 2.75) is 29.3 Å². The third-order valence-corrected chi connectivity index (χ3v) is 7.05. The van der Waals surface area contributed by atoms with E-state index in [0.29, 0.717) is 36.9 Å². The molecule has 1 aromatic heterocycles. The Balaban J connectivity index is 1.47. The molecule has 2 unspecified atom stereocenters. The van der Waals surface area contributed by atoms with Crippen LogP contribution in [0.2, 0.25) is 0 Å². The van der Waals surface area contributed by atoms with Crippen LogP contribution in [0.3, 0.4) is 0 Å². The standard InChI is InChI=1S/C21H27N5O4S/c1-29-11-10-25-13-16-8-9-21(14-25,20(27)24-28)26(16)31-18-6-7-19(23-12-18)30-17-4-2-15(22)3-5-17/h2-7,12,16,28H,8-11,13-14,22H2,1H3,(H,24,27). The lowest BCUT2D eigenvalue weighted by Crippen LogP contribution is -2.65. The normalized spacial score (nSPS) is 23.6. The SMILES string of the molecule is COCCN1CC2CCC(C(=O)NO)(C1)N2Sc1ccc(Oc2ccc(N)cc2)nc1. The molecule has 9 nitrogen and oxygen atoms in total. The average molecular weight is 446 g/mol. The molecular formula is C21H27N5O4S. The maximum Gasteiger partial charge on any atom is 0.266 e. The van der Waals surface area contributed by atoms with E-state index in [1.807, 2.05) is 11.5 Å². The highest BCUT2D eigenvalue weighted by molar-refractivity contribution is 7.97. The summed E-state index contributed by atoms with van der Waals surface area (Å²) >= 11 is 1.50. The Morgan fingerprint density at radius 3 is 2.84 bits per heavy atom. The van der Waals surface area contributed by atoms with E-state index in [9.17, 15) is 10.0 Å². The zero-order valence-electron chi connectivity index (χ0n) is 17.4. The smallest absolute Gasteiger partial charge is 0.266 e. The Hall–Kier alpha value is -2.37. The number of amides is 1. The monoisotopic (exact) mass is 445 g/mol. The van der Waals surface area contributed by atoms with Crippen LogP contribution < -0.4 is 16.0 Å². The largest absolute Gasteiger partial charge is 0.439 e. The number of nitrogens with two attached hydrogens (primary N) is 1. The lowest BCUT2D eigenvalue weighted by molar-refractivity contribution is -0.141. The molecule has 0 saturated carbocycles. The van der Waals surface area contributed by atoms with E-state index in [1.165, 1.54) is 11.9 Å². The highest BCUT2D eigenvalue weighted by Crippen LogP contribution is 2.46. The van der Waals surface area contributed by atoms with Crippen LogP contribution in [-0.4, -0.2) is 70.2 Å². The van der Waals surface area contributed by atoms with Gasteiger partial charge in [-0.05, 0) is 55.1 Å². The van der Waals surface area contributed by atoms with Gasteiger partial charge in [0, 0.05) is 55.6 Å². The Morgan fingerprint density at radius 1 is 1.35 bits per heavy atom. The number of aromatic nitrogens is 1. The number of benzene rings is 1. The maximum atomic E-state index is 12.7. The van der Waals surface area contributed by atoms with E-state index in [1.54, 1.807) is 43.6 Å². The van der Waals surface area contributed by atoms with Gasteiger partial charge in [0.25, 0.3) is 5.91 Å². The third kappa shape index (κ3) is 4.63. The molecule has 10 heteroatoms. The summed E-state index contributed by atoms with van der Waals surface area (Å²) < 4.78 is 13.1. The molecule has 31 heavy (non-hydrogen) atoms. The minimum Gasteiger partial charge on any atom is -0.439 e.